The zero-order valence-corrected chi connectivity index (χ0v) is 8.76. The van der Waals surface area contributed by atoms with Gasteiger partial charge in [-0.05, 0) is 24.3 Å². The van der Waals surface area contributed by atoms with Gasteiger partial charge < -0.3 is 10.2 Å². The molecule has 0 saturated carbocycles. The average Bonchev–Trinajstić information content (AvgIpc) is 2.26. The number of benzene rings is 1. The molecule has 0 aromatic heterocycles. The third-order valence-corrected chi connectivity index (χ3v) is 2.52. The van der Waals surface area contributed by atoms with Crippen molar-refractivity contribution in [3.05, 3.63) is 35.9 Å². The molecular formula is C12H16O3. The van der Waals surface area contributed by atoms with Gasteiger partial charge in [0.05, 0.1) is 0 Å². The van der Waals surface area contributed by atoms with E-state index in [2.05, 4.69) is 0 Å². The molecule has 15 heavy (non-hydrogen) atoms. The molecule has 0 saturated heterocycles. The first-order chi connectivity index (χ1) is 7.11. The molecule has 0 bridgehead atoms. The number of aliphatic hydroxyl groups excluding tert-OH is 1. The minimum Gasteiger partial charge on any atom is -0.479 e. The van der Waals surface area contributed by atoms with Gasteiger partial charge in [-0.25, -0.2) is 4.79 Å². The highest BCUT2D eigenvalue weighted by atomic mass is 16.4. The SMILES string of the molecule is CC(CCc1ccccc1)C(O)C(=O)O. The lowest BCUT2D eigenvalue weighted by molar-refractivity contribution is -0.149. The maximum Gasteiger partial charge on any atom is 0.332 e. The number of aliphatic hydroxyl groups is 1. The molecule has 1 aromatic rings. The molecule has 0 aliphatic rings. The van der Waals surface area contributed by atoms with Crippen LogP contribution in [0.3, 0.4) is 0 Å². The second kappa shape index (κ2) is 5.51. The Kier molecular flexibility index (Phi) is 4.31. The second-order valence-electron chi connectivity index (χ2n) is 3.78. The molecule has 2 N–H and O–H groups in total. The highest BCUT2D eigenvalue weighted by molar-refractivity contribution is 5.72. The molecule has 3 nitrogen and oxygen atoms in total. The molecule has 0 aliphatic carbocycles. The van der Waals surface area contributed by atoms with E-state index in [0.717, 1.165) is 6.42 Å². The molecule has 2 unspecified atom stereocenters. The number of carboxylic acids is 1. The smallest absolute Gasteiger partial charge is 0.332 e. The summed E-state index contributed by atoms with van der Waals surface area (Å²) in [6.07, 6.45) is 0.220. The molecule has 0 amide bonds. The van der Waals surface area contributed by atoms with Crippen LogP contribution in [0, 0.1) is 5.92 Å². The molecule has 0 fully saturated rings. The summed E-state index contributed by atoms with van der Waals surface area (Å²) in [7, 11) is 0. The Morgan fingerprint density at radius 3 is 2.47 bits per heavy atom. The van der Waals surface area contributed by atoms with Gasteiger partial charge in [0.1, 0.15) is 0 Å². The van der Waals surface area contributed by atoms with E-state index in [9.17, 15) is 9.90 Å². The van der Waals surface area contributed by atoms with E-state index >= 15 is 0 Å². The Morgan fingerprint density at radius 2 is 1.93 bits per heavy atom. The van der Waals surface area contributed by atoms with E-state index in [4.69, 9.17) is 5.11 Å². The summed E-state index contributed by atoms with van der Waals surface area (Å²) in [5.74, 6) is -1.36. The second-order valence-corrected chi connectivity index (χ2v) is 3.78. The highest BCUT2D eigenvalue weighted by Crippen LogP contribution is 2.13. The Balaban J connectivity index is 2.41. The van der Waals surface area contributed by atoms with Gasteiger partial charge in [-0.3, -0.25) is 0 Å². The third-order valence-electron chi connectivity index (χ3n) is 2.52. The van der Waals surface area contributed by atoms with Gasteiger partial charge in [-0.2, -0.15) is 0 Å². The van der Waals surface area contributed by atoms with Crippen LogP contribution < -0.4 is 0 Å². The standard InChI is InChI=1S/C12H16O3/c1-9(11(13)12(14)15)7-8-10-5-3-2-4-6-10/h2-6,9,11,13H,7-8H2,1H3,(H,14,15). The van der Waals surface area contributed by atoms with Gasteiger partial charge in [0.2, 0.25) is 0 Å². The van der Waals surface area contributed by atoms with E-state index in [1.165, 1.54) is 5.56 Å². The first-order valence-electron chi connectivity index (χ1n) is 5.06. The van der Waals surface area contributed by atoms with Crippen molar-refractivity contribution < 1.29 is 15.0 Å². The average molecular weight is 208 g/mol. The summed E-state index contributed by atoms with van der Waals surface area (Å²) in [4.78, 5) is 10.5. The van der Waals surface area contributed by atoms with E-state index in [-0.39, 0.29) is 5.92 Å². The molecule has 3 heteroatoms. The van der Waals surface area contributed by atoms with Crippen LogP contribution in [0.5, 0.6) is 0 Å². The molecule has 2 atom stereocenters. The lowest BCUT2D eigenvalue weighted by Gasteiger charge is -2.14. The summed E-state index contributed by atoms with van der Waals surface area (Å²) in [6, 6.07) is 9.85. The van der Waals surface area contributed by atoms with Gasteiger partial charge in [0.15, 0.2) is 6.10 Å². The van der Waals surface area contributed by atoms with Crippen molar-refractivity contribution >= 4 is 5.97 Å². The van der Waals surface area contributed by atoms with Crippen molar-refractivity contribution in [1.82, 2.24) is 0 Å². The Hall–Kier alpha value is -1.35. The molecule has 0 radical (unpaired) electrons. The van der Waals surface area contributed by atoms with Crippen molar-refractivity contribution in [2.24, 2.45) is 5.92 Å². The Bertz CT molecular complexity index is 308. The van der Waals surface area contributed by atoms with Crippen molar-refractivity contribution in [2.75, 3.05) is 0 Å². The monoisotopic (exact) mass is 208 g/mol. The van der Waals surface area contributed by atoms with Crippen LogP contribution in [0.2, 0.25) is 0 Å². The molecule has 0 aliphatic heterocycles. The summed E-state index contributed by atoms with van der Waals surface area (Å²) in [5, 5.41) is 17.9. The van der Waals surface area contributed by atoms with E-state index in [1.54, 1.807) is 6.92 Å². The fourth-order valence-electron chi connectivity index (χ4n) is 1.44. The van der Waals surface area contributed by atoms with Crippen LogP contribution in [-0.4, -0.2) is 22.3 Å². The van der Waals surface area contributed by atoms with Crippen molar-refractivity contribution in [3.8, 4) is 0 Å². The van der Waals surface area contributed by atoms with Gasteiger partial charge in [0.25, 0.3) is 0 Å². The van der Waals surface area contributed by atoms with Crippen molar-refractivity contribution in [2.45, 2.75) is 25.9 Å². The summed E-state index contributed by atoms with van der Waals surface area (Å²) >= 11 is 0. The minimum atomic E-state index is -1.26. The Morgan fingerprint density at radius 1 is 1.33 bits per heavy atom. The zero-order valence-electron chi connectivity index (χ0n) is 8.76. The topological polar surface area (TPSA) is 57.5 Å². The van der Waals surface area contributed by atoms with Crippen LogP contribution in [0.1, 0.15) is 18.9 Å². The van der Waals surface area contributed by atoms with E-state index < -0.39 is 12.1 Å². The number of carboxylic acid groups (broad SMARTS) is 1. The number of hydrogen-bond donors (Lipinski definition) is 2. The number of carbonyl (C=O) groups is 1. The van der Waals surface area contributed by atoms with Crippen molar-refractivity contribution in [3.63, 3.8) is 0 Å². The number of hydrogen-bond acceptors (Lipinski definition) is 2. The van der Waals surface area contributed by atoms with Gasteiger partial charge >= 0.3 is 5.97 Å². The van der Waals surface area contributed by atoms with E-state index in [1.807, 2.05) is 30.3 Å². The van der Waals surface area contributed by atoms with Gasteiger partial charge in [-0.15, -0.1) is 0 Å². The zero-order chi connectivity index (χ0) is 11.3. The van der Waals surface area contributed by atoms with Crippen LogP contribution in [-0.2, 0) is 11.2 Å². The summed E-state index contributed by atoms with van der Waals surface area (Å²) in [5.41, 5.74) is 1.17. The number of rotatable bonds is 5. The predicted molar refractivity (Wildman–Crippen MR) is 57.6 cm³/mol. The number of aryl methyl sites for hydroxylation is 1. The van der Waals surface area contributed by atoms with Gasteiger partial charge in [0, 0.05) is 0 Å². The van der Waals surface area contributed by atoms with Crippen LogP contribution in [0.15, 0.2) is 30.3 Å². The molecule has 0 spiro atoms. The maximum absolute atomic E-state index is 10.5. The molecule has 82 valence electrons. The first kappa shape index (κ1) is 11.7. The molecule has 1 aromatic carbocycles. The largest absolute Gasteiger partial charge is 0.479 e. The predicted octanol–water partition coefficient (Wildman–Crippen LogP) is 1.70. The third kappa shape index (κ3) is 3.72. The summed E-state index contributed by atoms with van der Waals surface area (Å²) < 4.78 is 0. The lowest BCUT2D eigenvalue weighted by Crippen LogP contribution is -2.27. The fourth-order valence-corrected chi connectivity index (χ4v) is 1.44. The normalized spacial score (nSPS) is 14.5. The quantitative estimate of drug-likeness (QED) is 0.774. The van der Waals surface area contributed by atoms with Crippen LogP contribution in [0.4, 0.5) is 0 Å². The fraction of sp³-hybridized carbons (Fsp3) is 0.417. The van der Waals surface area contributed by atoms with Crippen LogP contribution >= 0.6 is 0 Å². The lowest BCUT2D eigenvalue weighted by atomic mass is 9.96. The molecular weight excluding hydrogens is 192 g/mol. The molecule has 1 rings (SSSR count). The molecule has 0 heterocycles. The van der Waals surface area contributed by atoms with E-state index in [0.29, 0.717) is 6.42 Å². The van der Waals surface area contributed by atoms with Crippen molar-refractivity contribution in [1.29, 1.82) is 0 Å². The summed E-state index contributed by atoms with van der Waals surface area (Å²) in [6.45, 7) is 1.75. The van der Waals surface area contributed by atoms with Gasteiger partial charge in [-0.1, -0.05) is 37.3 Å². The maximum atomic E-state index is 10.5. The highest BCUT2D eigenvalue weighted by Gasteiger charge is 2.20. The Labute approximate surface area is 89.4 Å². The van der Waals surface area contributed by atoms with Crippen LogP contribution in [0.25, 0.3) is 0 Å². The minimum absolute atomic E-state index is 0.220. The first-order valence-corrected chi connectivity index (χ1v) is 5.06. The number of aliphatic carboxylic acids is 1.